The van der Waals surface area contributed by atoms with E-state index in [4.69, 9.17) is 9.41 Å². The smallest absolute Gasteiger partial charge is 0.146 e. The quantitative estimate of drug-likeness (QED) is 0.167. The molecular weight excluding hydrogens is 731 g/mol. The van der Waals surface area contributed by atoms with Crippen LogP contribution in [0.4, 0.5) is 17.1 Å². The fourth-order valence-electron chi connectivity index (χ4n) is 8.57. The lowest BCUT2D eigenvalue weighted by atomic mass is 9.93. The maximum Gasteiger partial charge on any atom is 0.146 e. The van der Waals surface area contributed by atoms with Crippen molar-refractivity contribution in [2.75, 3.05) is 4.90 Å². The molecule has 4 heteroatoms. The highest BCUT2D eigenvalue weighted by molar-refractivity contribution is 6.20. The fraction of sp³-hybridized carbons (Fsp3) is 0.0179. The van der Waals surface area contributed by atoms with Crippen molar-refractivity contribution in [2.24, 2.45) is 4.99 Å². The summed E-state index contributed by atoms with van der Waals surface area (Å²) in [7, 11) is 0. The molecule has 1 atom stereocenters. The van der Waals surface area contributed by atoms with E-state index in [1.807, 2.05) is 18.2 Å². The average molecular weight is 770 g/mol. The lowest BCUT2D eigenvalue weighted by molar-refractivity contribution is 0.667. The molecule has 2 aliphatic rings. The highest BCUT2D eigenvalue weighted by atomic mass is 16.3. The Balaban J connectivity index is 1.00. The van der Waals surface area contributed by atoms with Gasteiger partial charge in [0.15, 0.2) is 0 Å². The molecule has 4 nitrogen and oxygen atoms in total. The number of benzene rings is 8. The SMILES string of the molecule is C1=CC2=C(c3ccccc3)N=C(c3ccc(-c4ccc(N(c5ccc(-c6ccccc6)cc5)c5ccc(-c6ccccc6)cc5)cc4)c4c3oc3ccccc34)NC2C=C1. The van der Waals surface area contributed by atoms with E-state index in [2.05, 4.69) is 217 Å². The summed E-state index contributed by atoms with van der Waals surface area (Å²) in [6.07, 6.45) is 8.52. The molecule has 2 heterocycles. The van der Waals surface area contributed by atoms with Crippen molar-refractivity contribution < 1.29 is 4.42 Å². The lowest BCUT2D eigenvalue weighted by Crippen LogP contribution is -2.39. The Kier molecular flexibility index (Phi) is 8.86. The topological polar surface area (TPSA) is 40.8 Å². The molecule has 0 bridgehead atoms. The van der Waals surface area contributed by atoms with Crippen LogP contribution in [-0.4, -0.2) is 11.9 Å². The number of hydrogen-bond donors (Lipinski definition) is 1. The number of aliphatic imine (C=N–C) groups is 1. The van der Waals surface area contributed by atoms with Gasteiger partial charge < -0.3 is 14.6 Å². The van der Waals surface area contributed by atoms with Gasteiger partial charge in [0.1, 0.15) is 17.0 Å². The van der Waals surface area contributed by atoms with Crippen LogP contribution in [0.2, 0.25) is 0 Å². The van der Waals surface area contributed by atoms with E-state index in [0.717, 1.165) is 78.4 Å². The summed E-state index contributed by atoms with van der Waals surface area (Å²) >= 11 is 0. The second kappa shape index (κ2) is 15.1. The first-order chi connectivity index (χ1) is 29.7. The standard InChI is InChI=1S/C56H39N3O/c1-4-14-38(15-5-1)40-24-30-44(31-25-40)59(45-32-26-41(27-33-45)39-16-6-2-7-17-39)46-34-28-42(29-35-46)47-36-37-50(55-53(47)49-21-11-13-23-52(49)60-55)56-57-51-22-12-10-20-48(51)54(58-56)43-18-8-3-9-19-43/h1-37,51H,(H,57,58). The Bertz CT molecular complexity index is 3040. The van der Waals surface area contributed by atoms with Gasteiger partial charge in [-0.2, -0.15) is 0 Å². The molecule has 1 aliphatic heterocycles. The Morgan fingerprint density at radius 2 is 0.950 bits per heavy atom. The number of furan rings is 1. The normalized spacial score (nSPS) is 14.5. The van der Waals surface area contributed by atoms with Crippen molar-refractivity contribution in [3.8, 4) is 33.4 Å². The van der Waals surface area contributed by atoms with E-state index >= 15 is 0 Å². The number of para-hydroxylation sites is 1. The van der Waals surface area contributed by atoms with Crippen molar-refractivity contribution in [2.45, 2.75) is 6.04 Å². The molecule has 60 heavy (non-hydrogen) atoms. The van der Waals surface area contributed by atoms with E-state index < -0.39 is 0 Å². The fourth-order valence-corrected chi connectivity index (χ4v) is 8.57. The number of hydrogen-bond acceptors (Lipinski definition) is 4. The molecule has 1 unspecified atom stereocenters. The number of nitrogens with zero attached hydrogens (tertiary/aromatic N) is 2. The number of allylic oxidation sites excluding steroid dienone is 2. The first-order valence-corrected chi connectivity index (χ1v) is 20.4. The Morgan fingerprint density at radius 1 is 0.450 bits per heavy atom. The zero-order chi connectivity index (χ0) is 39.8. The van der Waals surface area contributed by atoms with Gasteiger partial charge in [-0.15, -0.1) is 0 Å². The van der Waals surface area contributed by atoms with Crippen molar-refractivity contribution in [3.63, 3.8) is 0 Å². The zero-order valence-electron chi connectivity index (χ0n) is 32.7. The van der Waals surface area contributed by atoms with Crippen molar-refractivity contribution in [1.29, 1.82) is 0 Å². The molecule has 9 aromatic rings. The Hall–Kier alpha value is -7.95. The summed E-state index contributed by atoms with van der Waals surface area (Å²) in [6, 6.07) is 70.8. The van der Waals surface area contributed by atoms with Crippen LogP contribution in [0.5, 0.6) is 0 Å². The van der Waals surface area contributed by atoms with Gasteiger partial charge in [-0.1, -0.05) is 176 Å². The summed E-state index contributed by atoms with van der Waals surface area (Å²) in [5, 5.41) is 5.87. The molecule has 8 aromatic carbocycles. The van der Waals surface area contributed by atoms with Gasteiger partial charge in [-0.3, -0.25) is 0 Å². The molecule has 0 saturated heterocycles. The largest absolute Gasteiger partial charge is 0.455 e. The lowest BCUT2D eigenvalue weighted by Gasteiger charge is -2.28. The van der Waals surface area contributed by atoms with Crippen LogP contribution in [0.3, 0.4) is 0 Å². The number of fused-ring (bicyclic) bond motifs is 4. The summed E-state index contributed by atoms with van der Waals surface area (Å²) in [6.45, 7) is 0. The molecule has 284 valence electrons. The average Bonchev–Trinajstić information content (AvgIpc) is 3.72. The number of amidine groups is 1. The van der Waals surface area contributed by atoms with Crippen molar-refractivity contribution >= 4 is 50.5 Å². The molecule has 0 saturated carbocycles. The van der Waals surface area contributed by atoms with Gasteiger partial charge in [0.25, 0.3) is 0 Å². The molecule has 1 aliphatic carbocycles. The second-order valence-corrected chi connectivity index (χ2v) is 15.2. The van der Waals surface area contributed by atoms with E-state index in [0.29, 0.717) is 0 Å². The van der Waals surface area contributed by atoms with Crippen LogP contribution < -0.4 is 10.2 Å². The first-order valence-electron chi connectivity index (χ1n) is 20.4. The molecule has 11 rings (SSSR count). The minimum absolute atomic E-state index is 0.00335. The predicted octanol–water partition coefficient (Wildman–Crippen LogP) is 14.3. The Morgan fingerprint density at radius 3 is 1.55 bits per heavy atom. The van der Waals surface area contributed by atoms with Crippen LogP contribution in [-0.2, 0) is 0 Å². The third-order valence-corrected chi connectivity index (χ3v) is 11.5. The monoisotopic (exact) mass is 769 g/mol. The molecular formula is C56H39N3O. The first kappa shape index (κ1) is 35.2. The number of nitrogens with one attached hydrogen (secondary N) is 1. The van der Waals surface area contributed by atoms with Crippen LogP contribution >= 0.6 is 0 Å². The van der Waals surface area contributed by atoms with Gasteiger partial charge >= 0.3 is 0 Å². The van der Waals surface area contributed by atoms with Gasteiger partial charge in [0.05, 0.1) is 17.3 Å². The highest BCUT2D eigenvalue weighted by Crippen LogP contribution is 2.42. The molecule has 1 N–H and O–H groups in total. The van der Waals surface area contributed by atoms with Crippen molar-refractivity contribution in [1.82, 2.24) is 5.32 Å². The van der Waals surface area contributed by atoms with Crippen molar-refractivity contribution in [3.05, 3.63) is 241 Å². The third kappa shape index (κ3) is 6.41. The molecule has 0 fully saturated rings. The second-order valence-electron chi connectivity index (χ2n) is 15.2. The summed E-state index contributed by atoms with van der Waals surface area (Å²) < 4.78 is 6.76. The molecule has 0 spiro atoms. The van der Waals surface area contributed by atoms with E-state index in [1.165, 1.54) is 22.3 Å². The zero-order valence-corrected chi connectivity index (χ0v) is 32.7. The molecule has 0 radical (unpaired) electrons. The van der Waals surface area contributed by atoms with Gasteiger partial charge in [-0.25, -0.2) is 4.99 Å². The van der Waals surface area contributed by atoms with E-state index in [1.54, 1.807) is 0 Å². The predicted molar refractivity (Wildman–Crippen MR) is 250 cm³/mol. The maximum atomic E-state index is 6.76. The van der Waals surface area contributed by atoms with E-state index in [-0.39, 0.29) is 6.04 Å². The molecule has 0 amide bonds. The Labute approximate surface area is 349 Å². The minimum atomic E-state index is -0.00335. The molecule has 1 aromatic heterocycles. The van der Waals surface area contributed by atoms with Gasteiger partial charge in [0, 0.05) is 39.0 Å². The highest BCUT2D eigenvalue weighted by Gasteiger charge is 2.27. The van der Waals surface area contributed by atoms with Crippen LogP contribution in [0, 0.1) is 0 Å². The van der Waals surface area contributed by atoms with Gasteiger partial charge in [-0.05, 0) is 81.9 Å². The van der Waals surface area contributed by atoms with Crippen LogP contribution in [0.25, 0.3) is 61.0 Å². The number of anilines is 3. The maximum absolute atomic E-state index is 6.76. The third-order valence-electron chi connectivity index (χ3n) is 11.5. The minimum Gasteiger partial charge on any atom is -0.455 e. The van der Waals surface area contributed by atoms with Crippen LogP contribution in [0.1, 0.15) is 11.1 Å². The van der Waals surface area contributed by atoms with E-state index in [9.17, 15) is 0 Å². The summed E-state index contributed by atoms with van der Waals surface area (Å²) in [4.78, 5) is 7.62. The number of rotatable bonds is 8. The van der Waals surface area contributed by atoms with Crippen LogP contribution in [0.15, 0.2) is 239 Å². The summed E-state index contributed by atoms with van der Waals surface area (Å²) in [5.41, 5.74) is 16.0. The van der Waals surface area contributed by atoms with Gasteiger partial charge in [0.2, 0.25) is 0 Å². The summed E-state index contributed by atoms with van der Waals surface area (Å²) in [5.74, 6) is 0.792.